The van der Waals surface area contributed by atoms with E-state index in [4.69, 9.17) is 4.99 Å². The molecule has 1 aliphatic heterocycles. The highest BCUT2D eigenvalue weighted by atomic mass is 31.1. The second kappa shape index (κ2) is 10.3. The zero-order valence-corrected chi connectivity index (χ0v) is 28.0. The molecular formula is C45H34N2P+. The minimum atomic E-state index is -1.10. The van der Waals surface area contributed by atoms with Crippen LogP contribution < -0.4 is 21.2 Å². The second-order valence-corrected chi connectivity index (χ2v) is 16.3. The van der Waals surface area contributed by atoms with Gasteiger partial charge in [0.25, 0.3) is 0 Å². The molecule has 6 aromatic carbocycles. The van der Waals surface area contributed by atoms with Crippen LogP contribution in [0.25, 0.3) is 44.4 Å². The molecule has 1 atom stereocenters. The Labute approximate surface area is 282 Å². The molecule has 0 bridgehead atoms. The highest BCUT2D eigenvalue weighted by molar-refractivity contribution is 7.79. The third kappa shape index (κ3) is 4.00. The van der Waals surface area contributed by atoms with Crippen molar-refractivity contribution < 1.29 is 0 Å². The number of nitrogens with one attached hydrogen (secondary N) is 1. The quantitative estimate of drug-likeness (QED) is 0.193. The van der Waals surface area contributed by atoms with Crippen molar-refractivity contribution in [2.45, 2.75) is 25.3 Å². The van der Waals surface area contributed by atoms with E-state index in [2.05, 4.69) is 171 Å². The van der Waals surface area contributed by atoms with Crippen LogP contribution in [0.4, 0.5) is 0 Å². The number of fused-ring (bicyclic) bond motifs is 7. The van der Waals surface area contributed by atoms with Crippen LogP contribution >= 0.6 is 7.92 Å². The van der Waals surface area contributed by atoms with Crippen molar-refractivity contribution in [1.82, 2.24) is 5.32 Å². The van der Waals surface area contributed by atoms with Gasteiger partial charge in [-0.3, -0.25) is 0 Å². The Kier molecular flexibility index (Phi) is 5.99. The van der Waals surface area contributed by atoms with E-state index >= 15 is 0 Å². The van der Waals surface area contributed by atoms with Gasteiger partial charge in [0.05, 0.1) is 31.1 Å². The van der Waals surface area contributed by atoms with E-state index < -0.39 is 7.92 Å². The second-order valence-electron chi connectivity index (χ2n) is 13.8. The number of hydrogen-bond acceptors (Lipinski definition) is 2. The molecule has 2 nitrogen and oxygen atoms in total. The van der Waals surface area contributed by atoms with Gasteiger partial charge in [-0.05, 0) is 93.4 Å². The van der Waals surface area contributed by atoms with Crippen LogP contribution in [0, 0.1) is 0 Å². The molecular weight excluding hydrogens is 599 g/mol. The molecule has 6 aromatic rings. The van der Waals surface area contributed by atoms with Gasteiger partial charge in [0.1, 0.15) is 15.9 Å². The van der Waals surface area contributed by atoms with Crippen molar-refractivity contribution >= 4 is 51.7 Å². The monoisotopic (exact) mass is 633 g/mol. The first-order valence-electron chi connectivity index (χ1n) is 16.8. The zero-order valence-electron chi connectivity index (χ0n) is 27.0. The molecule has 3 aliphatic carbocycles. The molecule has 0 saturated carbocycles. The van der Waals surface area contributed by atoms with Crippen LogP contribution in [0.1, 0.15) is 36.1 Å². The van der Waals surface area contributed by atoms with Crippen molar-refractivity contribution in [1.29, 1.82) is 0 Å². The molecule has 0 spiro atoms. The summed E-state index contributed by atoms with van der Waals surface area (Å²) >= 11 is 0. The lowest BCUT2D eigenvalue weighted by Crippen LogP contribution is -2.36. The van der Waals surface area contributed by atoms with Gasteiger partial charge < -0.3 is 5.32 Å². The van der Waals surface area contributed by atoms with Gasteiger partial charge in [-0.25, -0.2) is 4.99 Å². The zero-order chi connectivity index (χ0) is 32.0. The van der Waals surface area contributed by atoms with Crippen LogP contribution in [0.15, 0.2) is 157 Å². The normalized spacial score (nSPS) is 17.6. The molecule has 3 heteroatoms. The third-order valence-electron chi connectivity index (χ3n) is 10.7. The number of benzene rings is 6. The fourth-order valence-corrected chi connectivity index (χ4v) is 10.9. The summed E-state index contributed by atoms with van der Waals surface area (Å²) in [6.45, 7) is 4.79. The fraction of sp³-hybridized carbons (Fsp3) is 0.0889. The Bertz CT molecular complexity index is 2390. The lowest BCUT2D eigenvalue weighted by atomic mass is 9.80. The summed E-state index contributed by atoms with van der Waals surface area (Å²) in [6, 6.07) is 47.8. The summed E-state index contributed by atoms with van der Waals surface area (Å²) in [5.41, 5.74) is 13.7. The van der Waals surface area contributed by atoms with E-state index in [1.807, 2.05) is 0 Å². The molecule has 0 aromatic heterocycles. The standard InChI is InChI=1S/C45H33N2P/c1-45(2)37-26-29(28-20-23-32(24-21-28)48(30-12-5-3-6-13-30)31-14-7-4-8-15-31)22-25-33(37)42-34-16-11-17-35-41(34)36(27-38(42)45)44-43(35)46-39-18-9-10-19-40(39)47-44/h3-27,40,47H,1-2H3/p+1. The van der Waals surface area contributed by atoms with Gasteiger partial charge in [0.15, 0.2) is 0 Å². The fourth-order valence-electron chi connectivity index (χ4n) is 8.37. The molecule has 1 unspecified atom stereocenters. The van der Waals surface area contributed by atoms with Crippen LogP contribution in [0.3, 0.4) is 0 Å². The Morgan fingerprint density at radius 2 is 1.33 bits per heavy atom. The average molecular weight is 634 g/mol. The van der Waals surface area contributed by atoms with Gasteiger partial charge in [-0.2, -0.15) is 0 Å². The number of nitrogens with zero attached hydrogens (tertiary/aromatic N) is 1. The highest BCUT2D eigenvalue weighted by Gasteiger charge is 2.40. The summed E-state index contributed by atoms with van der Waals surface area (Å²) in [7, 11) is -1.10. The van der Waals surface area contributed by atoms with E-state index in [0.29, 0.717) is 0 Å². The van der Waals surface area contributed by atoms with Crippen molar-refractivity contribution in [3.8, 4) is 22.3 Å². The molecule has 4 aliphatic rings. The van der Waals surface area contributed by atoms with Crippen LogP contribution in [-0.4, -0.2) is 11.8 Å². The maximum absolute atomic E-state index is 5.18. The molecule has 1 heterocycles. The largest absolute Gasteiger partial charge is 0.371 e. The van der Waals surface area contributed by atoms with Crippen LogP contribution in [-0.2, 0) is 5.41 Å². The highest BCUT2D eigenvalue weighted by Crippen LogP contribution is 2.56. The first kappa shape index (κ1) is 27.8. The first-order valence-corrected chi connectivity index (χ1v) is 18.3. The number of aliphatic imine (C=N–C) groups is 1. The predicted molar refractivity (Wildman–Crippen MR) is 207 cm³/mol. The Hall–Kier alpha value is -5.30. The molecule has 0 radical (unpaired) electrons. The molecule has 228 valence electrons. The van der Waals surface area contributed by atoms with Gasteiger partial charge >= 0.3 is 0 Å². The van der Waals surface area contributed by atoms with Gasteiger partial charge in [0.2, 0.25) is 0 Å². The Morgan fingerprint density at radius 3 is 2.08 bits per heavy atom. The minimum Gasteiger partial charge on any atom is -0.371 e. The van der Waals surface area contributed by atoms with Gasteiger partial charge in [0, 0.05) is 21.9 Å². The summed E-state index contributed by atoms with van der Waals surface area (Å²) < 4.78 is 0. The molecule has 48 heavy (non-hydrogen) atoms. The van der Waals surface area contributed by atoms with E-state index in [9.17, 15) is 0 Å². The molecule has 0 fully saturated rings. The Balaban J connectivity index is 1.06. The van der Waals surface area contributed by atoms with Crippen molar-refractivity contribution in [3.05, 3.63) is 174 Å². The minimum absolute atomic E-state index is 0.114. The van der Waals surface area contributed by atoms with Crippen molar-refractivity contribution in [2.24, 2.45) is 4.99 Å². The molecule has 0 saturated heterocycles. The summed E-state index contributed by atoms with van der Waals surface area (Å²) in [5.74, 6) is 0. The topological polar surface area (TPSA) is 24.4 Å². The summed E-state index contributed by atoms with van der Waals surface area (Å²) in [6.07, 6.45) is 8.52. The lowest BCUT2D eigenvalue weighted by molar-refractivity contribution is 0.660. The van der Waals surface area contributed by atoms with E-state index in [-0.39, 0.29) is 11.5 Å². The third-order valence-corrected chi connectivity index (χ3v) is 13.5. The number of allylic oxidation sites excluding steroid dienone is 2. The lowest BCUT2D eigenvalue weighted by Gasteiger charge is -2.26. The van der Waals surface area contributed by atoms with Crippen molar-refractivity contribution in [3.63, 3.8) is 0 Å². The number of rotatable bonds is 4. The van der Waals surface area contributed by atoms with E-state index in [0.717, 1.165) is 17.1 Å². The Morgan fingerprint density at radius 1 is 0.625 bits per heavy atom. The van der Waals surface area contributed by atoms with Gasteiger partial charge in [-0.1, -0.05) is 111 Å². The molecule has 1 N–H and O–H groups in total. The molecule has 0 amide bonds. The maximum atomic E-state index is 5.18. The average Bonchev–Trinajstić information content (AvgIpc) is 3.57. The maximum Gasteiger partial charge on any atom is 0.102 e. The summed E-state index contributed by atoms with van der Waals surface area (Å²) in [5, 5.41) is 10.7. The number of hydrogen-bond donors (Lipinski definition) is 1. The van der Waals surface area contributed by atoms with Crippen molar-refractivity contribution in [2.75, 3.05) is 0 Å². The van der Waals surface area contributed by atoms with Crippen LogP contribution in [0.5, 0.6) is 0 Å². The van der Waals surface area contributed by atoms with E-state index in [1.165, 1.54) is 71.2 Å². The SMILES string of the molecule is CC1(C)c2cc(-c3ccc([PH+](c4ccccc4)c4ccccc4)cc3)ccc2-c2c1cc1c3c(cccc23)C2=C1NC1C=CC=CC1=N2. The van der Waals surface area contributed by atoms with Crippen LogP contribution in [0.2, 0.25) is 0 Å². The van der Waals surface area contributed by atoms with E-state index in [1.54, 1.807) is 0 Å². The molecule has 10 rings (SSSR count). The summed E-state index contributed by atoms with van der Waals surface area (Å²) in [4.78, 5) is 5.18. The predicted octanol–water partition coefficient (Wildman–Crippen LogP) is 8.98. The van der Waals surface area contributed by atoms with Gasteiger partial charge in [-0.15, -0.1) is 0 Å². The first-order chi connectivity index (χ1) is 23.6. The smallest absolute Gasteiger partial charge is 0.102 e.